The van der Waals surface area contributed by atoms with Crippen molar-refractivity contribution < 1.29 is 9.53 Å². The van der Waals surface area contributed by atoms with Gasteiger partial charge < -0.3 is 10.5 Å². The monoisotopic (exact) mass is 217 g/mol. The van der Waals surface area contributed by atoms with Crippen LogP contribution in [-0.4, -0.2) is 22.6 Å². The number of nitrogen functional groups attached to an aromatic ring is 1. The van der Waals surface area contributed by atoms with Crippen LogP contribution in [0.3, 0.4) is 0 Å². The number of methoxy groups -OCH3 is 1. The zero-order valence-electron chi connectivity index (χ0n) is 8.75. The highest BCUT2D eigenvalue weighted by atomic mass is 16.5. The van der Waals surface area contributed by atoms with Crippen LogP contribution >= 0.6 is 0 Å². The van der Waals surface area contributed by atoms with Gasteiger partial charge in [0.1, 0.15) is 12.1 Å². The zero-order chi connectivity index (χ0) is 11.5. The van der Waals surface area contributed by atoms with Crippen LogP contribution in [0.5, 0.6) is 5.75 Å². The number of imidazole rings is 1. The van der Waals surface area contributed by atoms with Crippen LogP contribution in [-0.2, 0) is 0 Å². The Bertz CT molecular complexity index is 506. The lowest BCUT2D eigenvalue weighted by Crippen LogP contribution is -2.12. The van der Waals surface area contributed by atoms with Gasteiger partial charge in [0.05, 0.1) is 12.7 Å². The highest BCUT2D eigenvalue weighted by Crippen LogP contribution is 2.20. The van der Waals surface area contributed by atoms with Crippen LogP contribution in [0.15, 0.2) is 36.9 Å². The fourth-order valence-electron chi connectivity index (χ4n) is 1.37. The van der Waals surface area contributed by atoms with Crippen molar-refractivity contribution in [3.05, 3.63) is 42.5 Å². The van der Waals surface area contributed by atoms with Gasteiger partial charge in [-0.15, -0.1) is 0 Å². The van der Waals surface area contributed by atoms with E-state index >= 15 is 0 Å². The minimum Gasteiger partial charge on any atom is -0.497 e. The number of nitrogens with two attached hydrogens (primary N) is 1. The van der Waals surface area contributed by atoms with E-state index in [-0.39, 0.29) is 5.91 Å². The van der Waals surface area contributed by atoms with Crippen LogP contribution in [0.1, 0.15) is 10.4 Å². The summed E-state index contributed by atoms with van der Waals surface area (Å²) in [6, 6.07) is 4.96. The Kier molecular flexibility index (Phi) is 2.59. The molecule has 1 aromatic heterocycles. The Morgan fingerprint density at radius 3 is 2.94 bits per heavy atom. The summed E-state index contributed by atoms with van der Waals surface area (Å²) in [4.78, 5) is 15.8. The van der Waals surface area contributed by atoms with Crippen molar-refractivity contribution in [2.45, 2.75) is 0 Å². The molecule has 0 atom stereocenters. The van der Waals surface area contributed by atoms with E-state index in [2.05, 4.69) is 4.98 Å². The van der Waals surface area contributed by atoms with Gasteiger partial charge in [-0.1, -0.05) is 0 Å². The van der Waals surface area contributed by atoms with E-state index in [1.54, 1.807) is 24.4 Å². The number of ether oxygens (including phenoxy) is 1. The topological polar surface area (TPSA) is 70.1 Å². The fourth-order valence-corrected chi connectivity index (χ4v) is 1.37. The molecule has 5 nitrogen and oxygen atoms in total. The van der Waals surface area contributed by atoms with Crippen LogP contribution in [0.4, 0.5) is 5.69 Å². The number of hydrogen-bond acceptors (Lipinski definition) is 4. The van der Waals surface area contributed by atoms with Crippen molar-refractivity contribution in [2.75, 3.05) is 12.8 Å². The smallest absolute Gasteiger partial charge is 0.265 e. The van der Waals surface area contributed by atoms with Crippen LogP contribution in [0.2, 0.25) is 0 Å². The summed E-state index contributed by atoms with van der Waals surface area (Å²) in [7, 11) is 1.54. The maximum atomic E-state index is 12.0. The fraction of sp³-hybridized carbons (Fsp3) is 0.0909. The number of benzene rings is 1. The van der Waals surface area contributed by atoms with Gasteiger partial charge in [-0.25, -0.2) is 4.98 Å². The molecular weight excluding hydrogens is 206 g/mol. The number of hydrogen-bond donors (Lipinski definition) is 1. The third-order valence-electron chi connectivity index (χ3n) is 2.23. The standard InChI is InChI=1S/C11H11N3O2/c1-16-8-2-3-10(12)9(6-8)11(15)14-5-4-13-7-14/h2-7H,12H2,1H3. The molecule has 82 valence electrons. The molecule has 0 saturated heterocycles. The zero-order valence-corrected chi connectivity index (χ0v) is 8.75. The Morgan fingerprint density at radius 1 is 1.50 bits per heavy atom. The Morgan fingerprint density at radius 2 is 2.31 bits per heavy atom. The second-order valence-electron chi connectivity index (χ2n) is 3.23. The van der Waals surface area contributed by atoms with E-state index in [0.29, 0.717) is 17.0 Å². The summed E-state index contributed by atoms with van der Waals surface area (Å²) in [5.74, 6) is 0.367. The first kappa shape index (κ1) is 10.2. The summed E-state index contributed by atoms with van der Waals surface area (Å²) >= 11 is 0. The van der Waals surface area contributed by atoms with E-state index in [0.717, 1.165) is 0 Å². The third kappa shape index (κ3) is 1.75. The maximum Gasteiger partial charge on any atom is 0.265 e. The number of anilines is 1. The quantitative estimate of drug-likeness (QED) is 0.766. The lowest BCUT2D eigenvalue weighted by atomic mass is 10.1. The molecule has 0 aliphatic carbocycles. The molecule has 1 heterocycles. The van der Waals surface area contributed by atoms with E-state index in [9.17, 15) is 4.79 Å². The minimum atomic E-state index is -0.228. The molecule has 0 fully saturated rings. The molecule has 0 radical (unpaired) electrons. The van der Waals surface area contributed by atoms with E-state index in [1.807, 2.05) is 0 Å². The van der Waals surface area contributed by atoms with Gasteiger partial charge in [0, 0.05) is 18.1 Å². The molecule has 0 spiro atoms. The van der Waals surface area contributed by atoms with Crippen molar-refractivity contribution in [1.29, 1.82) is 0 Å². The predicted octanol–water partition coefficient (Wildman–Crippen LogP) is 1.16. The first-order chi connectivity index (χ1) is 7.72. The molecule has 5 heteroatoms. The van der Waals surface area contributed by atoms with Gasteiger partial charge in [-0.3, -0.25) is 9.36 Å². The predicted molar refractivity (Wildman–Crippen MR) is 59.4 cm³/mol. The highest BCUT2D eigenvalue weighted by Gasteiger charge is 2.12. The molecule has 2 N–H and O–H groups in total. The molecular formula is C11H11N3O2. The van der Waals surface area contributed by atoms with Crippen molar-refractivity contribution in [3.63, 3.8) is 0 Å². The van der Waals surface area contributed by atoms with Crippen molar-refractivity contribution in [3.8, 4) is 5.75 Å². The summed E-state index contributed by atoms with van der Waals surface area (Å²) in [5, 5.41) is 0. The number of carbonyl (C=O) groups is 1. The first-order valence-corrected chi connectivity index (χ1v) is 4.68. The first-order valence-electron chi connectivity index (χ1n) is 4.68. The number of nitrogens with zero attached hydrogens (tertiary/aromatic N) is 2. The van der Waals surface area contributed by atoms with Gasteiger partial charge in [0.15, 0.2) is 0 Å². The molecule has 2 rings (SSSR count). The molecule has 1 aromatic carbocycles. The van der Waals surface area contributed by atoms with Crippen molar-refractivity contribution in [1.82, 2.24) is 9.55 Å². The lowest BCUT2D eigenvalue weighted by molar-refractivity contribution is 0.0960. The van der Waals surface area contributed by atoms with Gasteiger partial charge in [0.2, 0.25) is 0 Å². The summed E-state index contributed by atoms with van der Waals surface area (Å²) in [6.07, 6.45) is 4.54. The average molecular weight is 217 g/mol. The third-order valence-corrected chi connectivity index (χ3v) is 2.23. The number of rotatable bonds is 2. The molecule has 16 heavy (non-hydrogen) atoms. The Hall–Kier alpha value is -2.30. The van der Waals surface area contributed by atoms with E-state index in [4.69, 9.17) is 10.5 Å². The number of carbonyl (C=O) groups excluding carboxylic acids is 1. The molecule has 0 bridgehead atoms. The Labute approximate surface area is 92.5 Å². The average Bonchev–Trinajstić information content (AvgIpc) is 2.82. The van der Waals surface area contributed by atoms with Crippen molar-refractivity contribution >= 4 is 11.6 Å². The highest BCUT2D eigenvalue weighted by molar-refractivity contribution is 6.00. The largest absolute Gasteiger partial charge is 0.497 e. The van der Waals surface area contributed by atoms with Crippen LogP contribution < -0.4 is 10.5 Å². The minimum absolute atomic E-state index is 0.228. The van der Waals surface area contributed by atoms with E-state index in [1.165, 1.54) is 24.2 Å². The van der Waals surface area contributed by atoms with Gasteiger partial charge in [-0.2, -0.15) is 0 Å². The molecule has 0 unspecified atom stereocenters. The summed E-state index contributed by atoms with van der Waals surface area (Å²) in [6.45, 7) is 0. The SMILES string of the molecule is COc1ccc(N)c(C(=O)n2ccnc2)c1. The Balaban J connectivity index is 2.43. The summed E-state index contributed by atoms with van der Waals surface area (Å²) < 4.78 is 6.41. The number of aromatic nitrogens is 2. The molecule has 0 aliphatic heterocycles. The van der Waals surface area contributed by atoms with Crippen molar-refractivity contribution in [2.24, 2.45) is 0 Å². The van der Waals surface area contributed by atoms with E-state index < -0.39 is 0 Å². The van der Waals surface area contributed by atoms with Gasteiger partial charge >= 0.3 is 0 Å². The normalized spacial score (nSPS) is 10.1. The lowest BCUT2D eigenvalue weighted by Gasteiger charge is -2.07. The summed E-state index contributed by atoms with van der Waals surface area (Å²) in [5.41, 5.74) is 6.56. The second kappa shape index (κ2) is 4.06. The molecule has 0 amide bonds. The van der Waals surface area contributed by atoms with Crippen LogP contribution in [0, 0.1) is 0 Å². The second-order valence-corrected chi connectivity index (χ2v) is 3.23. The molecule has 2 aromatic rings. The van der Waals surface area contributed by atoms with Gasteiger partial charge in [0.25, 0.3) is 5.91 Å². The van der Waals surface area contributed by atoms with Crippen LogP contribution in [0.25, 0.3) is 0 Å². The molecule has 0 saturated carbocycles. The molecule has 0 aliphatic rings. The maximum absolute atomic E-state index is 12.0. The van der Waals surface area contributed by atoms with Gasteiger partial charge in [-0.05, 0) is 18.2 Å².